The number of hydrogen-bond donors (Lipinski definition) is 4. The second-order valence-electron chi connectivity index (χ2n) is 10.7. The van der Waals surface area contributed by atoms with Gasteiger partial charge in [0.2, 0.25) is 0 Å². The van der Waals surface area contributed by atoms with E-state index in [0.717, 1.165) is 42.9 Å². The number of aromatic nitrogens is 1. The van der Waals surface area contributed by atoms with Crippen molar-refractivity contribution in [3.8, 4) is 0 Å². The van der Waals surface area contributed by atoms with Gasteiger partial charge in [-0.25, -0.2) is 4.39 Å². The van der Waals surface area contributed by atoms with Gasteiger partial charge in [-0.3, -0.25) is 4.98 Å². The minimum absolute atomic E-state index is 0.136. The monoisotopic (exact) mass is 595 g/mol. The summed E-state index contributed by atoms with van der Waals surface area (Å²) in [5.74, 6) is 0.338. The molecule has 0 spiro atoms. The van der Waals surface area contributed by atoms with E-state index in [-0.39, 0.29) is 17.4 Å². The fourth-order valence-corrected chi connectivity index (χ4v) is 6.33. The molecule has 4 N–H and O–H groups in total. The van der Waals surface area contributed by atoms with Crippen LogP contribution in [0.2, 0.25) is 0 Å². The first kappa shape index (κ1) is 32.8. The van der Waals surface area contributed by atoms with E-state index in [2.05, 4.69) is 91.7 Å². The second kappa shape index (κ2) is 16.1. The number of halogens is 1. The molecule has 44 heavy (non-hydrogen) atoms. The highest BCUT2D eigenvalue weighted by molar-refractivity contribution is 6.05. The molecule has 3 aliphatic heterocycles. The zero-order valence-electron chi connectivity index (χ0n) is 26.4. The summed E-state index contributed by atoms with van der Waals surface area (Å²) in [5.41, 5.74) is 7.38. The van der Waals surface area contributed by atoms with Crippen molar-refractivity contribution in [2.24, 2.45) is 16.1 Å². The van der Waals surface area contributed by atoms with Crippen LogP contribution in [0.15, 0.2) is 124 Å². The Labute approximate surface area is 261 Å². The molecule has 3 unspecified atom stereocenters. The summed E-state index contributed by atoms with van der Waals surface area (Å²) < 4.78 is 13.3. The molecule has 0 saturated carbocycles. The van der Waals surface area contributed by atoms with E-state index in [1.807, 2.05) is 52.2 Å². The molecule has 8 heteroatoms. The maximum absolute atomic E-state index is 13.3. The summed E-state index contributed by atoms with van der Waals surface area (Å²) in [6.45, 7) is 14.6. The molecular formula is C36H46FN7. The largest absolute Gasteiger partial charge is 0.383 e. The zero-order valence-corrected chi connectivity index (χ0v) is 26.4. The fourth-order valence-electron chi connectivity index (χ4n) is 6.33. The fraction of sp³-hybridized carbons (Fsp3) is 0.361. The lowest BCUT2D eigenvalue weighted by molar-refractivity contribution is 0.201. The van der Waals surface area contributed by atoms with Crippen LogP contribution in [-0.4, -0.2) is 49.6 Å². The van der Waals surface area contributed by atoms with E-state index in [4.69, 9.17) is 0 Å². The van der Waals surface area contributed by atoms with Gasteiger partial charge >= 0.3 is 0 Å². The summed E-state index contributed by atoms with van der Waals surface area (Å²) in [6.07, 6.45) is 14.9. The number of benzene rings is 1. The number of nitrogens with one attached hydrogen (secondary N) is 4. The van der Waals surface area contributed by atoms with Gasteiger partial charge in [0.15, 0.2) is 0 Å². The summed E-state index contributed by atoms with van der Waals surface area (Å²) >= 11 is 0. The highest BCUT2D eigenvalue weighted by Gasteiger charge is 2.52. The van der Waals surface area contributed by atoms with Gasteiger partial charge in [0.05, 0.1) is 23.0 Å². The Hall–Kier alpha value is -4.14. The van der Waals surface area contributed by atoms with Crippen LogP contribution in [-0.2, 0) is 5.54 Å². The Morgan fingerprint density at radius 2 is 1.91 bits per heavy atom. The summed E-state index contributed by atoms with van der Waals surface area (Å²) in [7, 11) is 0. The van der Waals surface area contributed by atoms with Crippen LogP contribution in [0.25, 0.3) is 0 Å². The van der Waals surface area contributed by atoms with Gasteiger partial charge in [0.1, 0.15) is 5.83 Å². The van der Waals surface area contributed by atoms with E-state index in [1.54, 1.807) is 12.2 Å². The molecular weight excluding hydrogens is 549 g/mol. The number of allylic oxidation sites excluding steroid dienone is 6. The third-order valence-electron chi connectivity index (χ3n) is 8.18. The number of fused-ring (bicyclic) bond motifs is 2. The lowest BCUT2D eigenvalue weighted by Gasteiger charge is -2.47. The average molecular weight is 596 g/mol. The Balaban J connectivity index is 0.000000205. The second-order valence-corrected chi connectivity index (χ2v) is 10.7. The third kappa shape index (κ3) is 7.14. The van der Waals surface area contributed by atoms with E-state index < -0.39 is 0 Å². The molecule has 4 aliphatic rings. The predicted octanol–water partition coefficient (Wildman–Crippen LogP) is 6.09. The van der Waals surface area contributed by atoms with Gasteiger partial charge in [-0.15, -0.1) is 0 Å². The molecule has 1 aliphatic carbocycles. The van der Waals surface area contributed by atoms with E-state index >= 15 is 0 Å². The Morgan fingerprint density at radius 1 is 1.11 bits per heavy atom. The van der Waals surface area contributed by atoms with Crippen molar-refractivity contribution in [1.29, 1.82) is 0 Å². The smallest absolute Gasteiger partial charge is 0.104 e. The molecule has 6 rings (SSSR count). The Kier molecular flexibility index (Phi) is 12.0. The van der Waals surface area contributed by atoms with Gasteiger partial charge in [-0.1, -0.05) is 75.4 Å². The van der Waals surface area contributed by atoms with Crippen LogP contribution in [0.4, 0.5) is 4.39 Å². The quantitative estimate of drug-likeness (QED) is 0.230. The van der Waals surface area contributed by atoms with Crippen LogP contribution in [0, 0.1) is 5.92 Å². The minimum atomic E-state index is -0.286. The first-order chi connectivity index (χ1) is 21.6. The Bertz CT molecular complexity index is 1400. The first-order valence-corrected chi connectivity index (χ1v) is 15.7. The van der Waals surface area contributed by atoms with Crippen LogP contribution in [0.1, 0.15) is 51.7 Å². The predicted molar refractivity (Wildman–Crippen MR) is 181 cm³/mol. The molecule has 4 heterocycles. The van der Waals surface area contributed by atoms with Crippen molar-refractivity contribution < 1.29 is 4.39 Å². The summed E-state index contributed by atoms with van der Waals surface area (Å²) in [4.78, 5) is 4.42. The SMILES string of the molecule is C1=CC2=C(NC1)C1CCNC(c3ccccc3)(c3cccnc3)C1N2.C=N/N=C(\CNCC)C1=C(C)C=C(F)CC=C1.CC. The molecule has 3 atom stereocenters. The zero-order chi connectivity index (χ0) is 31.4. The topological polar surface area (TPSA) is 85.7 Å². The molecule has 7 nitrogen and oxygen atoms in total. The average Bonchev–Trinajstić information content (AvgIpc) is 3.37. The van der Waals surface area contributed by atoms with Crippen molar-refractivity contribution in [2.45, 2.75) is 52.1 Å². The van der Waals surface area contributed by atoms with Crippen molar-refractivity contribution in [1.82, 2.24) is 26.3 Å². The van der Waals surface area contributed by atoms with Crippen molar-refractivity contribution in [2.75, 3.05) is 26.2 Å². The molecule has 0 amide bonds. The van der Waals surface area contributed by atoms with Crippen molar-refractivity contribution in [3.05, 3.63) is 125 Å². The molecule has 0 radical (unpaired) electrons. The van der Waals surface area contributed by atoms with Crippen molar-refractivity contribution in [3.63, 3.8) is 0 Å². The van der Waals surface area contributed by atoms with Gasteiger partial charge < -0.3 is 21.3 Å². The van der Waals surface area contributed by atoms with Crippen molar-refractivity contribution >= 4 is 12.4 Å². The Morgan fingerprint density at radius 3 is 2.64 bits per heavy atom. The lowest BCUT2D eigenvalue weighted by atomic mass is 9.69. The molecule has 1 fully saturated rings. The molecule has 2 aromatic rings. The first-order valence-electron chi connectivity index (χ1n) is 15.7. The summed E-state index contributed by atoms with van der Waals surface area (Å²) in [6, 6.07) is 15.3. The minimum Gasteiger partial charge on any atom is -0.383 e. The number of nitrogens with zero attached hydrogens (tertiary/aromatic N) is 3. The number of rotatable bonds is 7. The summed E-state index contributed by atoms with van der Waals surface area (Å²) in [5, 5.41) is 22.1. The standard InChI is InChI=1S/C21H22N4.C13H18FN3.C2H6/c1-2-6-15(7-3-1)21(16-8-4-11-22-14-16)20-17(10-13-24-21)19-18(25-20)9-5-12-23-19;1-4-16-9-13(17-15-3)12-7-5-6-11(14)8-10(12)2;1-2/h1-9,11,14,17,20,23-25H,10,12-13H2;5,7-8,16H,3-4,6,9H2,1-2H3;1-2H3/b;17-13+;. The number of dihydropyridines is 1. The lowest BCUT2D eigenvalue weighted by Crippen LogP contribution is -2.62. The number of pyridine rings is 1. The molecule has 1 aromatic carbocycles. The normalized spacial score (nSPS) is 23.8. The molecule has 1 saturated heterocycles. The highest BCUT2D eigenvalue weighted by atomic mass is 19.1. The van der Waals surface area contributed by atoms with E-state index in [1.165, 1.54) is 22.5 Å². The van der Waals surface area contributed by atoms with Gasteiger partial charge in [-0.2, -0.15) is 10.2 Å². The van der Waals surface area contributed by atoms with Gasteiger partial charge in [0, 0.05) is 55.8 Å². The van der Waals surface area contributed by atoms with Gasteiger partial charge in [0.25, 0.3) is 0 Å². The van der Waals surface area contributed by atoms with E-state index in [9.17, 15) is 4.39 Å². The van der Waals surface area contributed by atoms with Crippen LogP contribution >= 0.6 is 0 Å². The van der Waals surface area contributed by atoms with Gasteiger partial charge in [-0.05, 0) is 61.4 Å². The van der Waals surface area contributed by atoms with Crippen LogP contribution in [0.3, 0.4) is 0 Å². The maximum atomic E-state index is 13.3. The third-order valence-corrected chi connectivity index (χ3v) is 8.18. The number of hydrogen-bond acceptors (Lipinski definition) is 7. The van der Waals surface area contributed by atoms with Crippen LogP contribution in [0.5, 0.6) is 0 Å². The van der Waals surface area contributed by atoms with E-state index in [0.29, 0.717) is 18.9 Å². The maximum Gasteiger partial charge on any atom is 0.104 e. The number of piperidine rings is 1. The molecule has 0 bridgehead atoms. The van der Waals surface area contributed by atoms with Crippen LogP contribution < -0.4 is 21.3 Å². The highest BCUT2D eigenvalue weighted by Crippen LogP contribution is 2.45. The molecule has 1 aromatic heterocycles. The molecule has 232 valence electrons.